The fourth-order valence-electron chi connectivity index (χ4n) is 1.83. The summed E-state index contributed by atoms with van der Waals surface area (Å²) in [6.07, 6.45) is -7.41. The highest BCUT2D eigenvalue weighted by Gasteiger charge is 2.42. The SMILES string of the molecule is CC(C)(C)OC(=O)Nc1ccc(C(F)(F)F)cc1C1OC1O. The van der Waals surface area contributed by atoms with Gasteiger partial charge in [-0.25, -0.2) is 4.79 Å². The fraction of sp³-hybridized carbons (Fsp3) is 0.500. The monoisotopic (exact) mass is 319 g/mol. The van der Waals surface area contributed by atoms with E-state index in [1.54, 1.807) is 20.8 Å². The number of rotatable bonds is 2. The Morgan fingerprint density at radius 2 is 1.91 bits per heavy atom. The average Bonchev–Trinajstić information content (AvgIpc) is 3.02. The van der Waals surface area contributed by atoms with E-state index in [1.165, 1.54) is 0 Å². The van der Waals surface area contributed by atoms with E-state index in [-0.39, 0.29) is 11.3 Å². The van der Waals surface area contributed by atoms with Gasteiger partial charge < -0.3 is 14.6 Å². The number of anilines is 1. The number of amides is 1. The maximum absolute atomic E-state index is 12.8. The second-order valence-corrected chi connectivity index (χ2v) is 5.87. The van der Waals surface area contributed by atoms with E-state index in [4.69, 9.17) is 9.47 Å². The number of hydrogen-bond acceptors (Lipinski definition) is 4. The molecular formula is C14H16F3NO4. The standard InChI is InChI=1S/C14H16F3NO4/c1-13(2,3)22-12(20)18-9-5-4-7(14(15,16)17)6-8(9)10-11(19)21-10/h4-6,10-11,19H,1-3H3,(H,18,20). The third-order valence-corrected chi connectivity index (χ3v) is 2.79. The van der Waals surface area contributed by atoms with Crippen molar-refractivity contribution < 1.29 is 32.5 Å². The zero-order chi connectivity index (χ0) is 16.7. The maximum Gasteiger partial charge on any atom is 0.416 e. The van der Waals surface area contributed by atoms with Gasteiger partial charge in [0.1, 0.15) is 11.7 Å². The van der Waals surface area contributed by atoms with Crippen molar-refractivity contribution in [2.45, 2.75) is 44.9 Å². The van der Waals surface area contributed by atoms with Crippen LogP contribution in [-0.2, 0) is 15.7 Å². The first-order valence-electron chi connectivity index (χ1n) is 6.52. The molecule has 2 rings (SSSR count). The number of aliphatic hydroxyl groups excluding tert-OH is 1. The fourth-order valence-corrected chi connectivity index (χ4v) is 1.83. The molecule has 1 fully saturated rings. The number of halogens is 3. The summed E-state index contributed by atoms with van der Waals surface area (Å²) in [5.74, 6) is 0. The topological polar surface area (TPSA) is 71.1 Å². The molecule has 1 heterocycles. The molecule has 1 aromatic rings. The van der Waals surface area contributed by atoms with Crippen LogP contribution in [0.15, 0.2) is 18.2 Å². The molecule has 1 saturated heterocycles. The lowest BCUT2D eigenvalue weighted by Crippen LogP contribution is -2.27. The smallest absolute Gasteiger partial charge is 0.416 e. The van der Waals surface area contributed by atoms with Gasteiger partial charge in [0.25, 0.3) is 0 Å². The highest BCUT2D eigenvalue weighted by molar-refractivity contribution is 5.86. The maximum atomic E-state index is 12.8. The lowest BCUT2D eigenvalue weighted by atomic mass is 10.1. The summed E-state index contributed by atoms with van der Waals surface area (Å²) >= 11 is 0. The van der Waals surface area contributed by atoms with Gasteiger partial charge in [0, 0.05) is 5.56 Å². The van der Waals surface area contributed by atoms with Gasteiger partial charge >= 0.3 is 12.3 Å². The van der Waals surface area contributed by atoms with Crippen molar-refractivity contribution >= 4 is 11.8 Å². The quantitative estimate of drug-likeness (QED) is 0.819. The van der Waals surface area contributed by atoms with Crippen molar-refractivity contribution in [2.75, 3.05) is 5.32 Å². The van der Waals surface area contributed by atoms with Crippen molar-refractivity contribution in [3.05, 3.63) is 29.3 Å². The number of hydrogen-bond donors (Lipinski definition) is 2. The van der Waals surface area contributed by atoms with E-state index in [9.17, 15) is 23.1 Å². The summed E-state index contributed by atoms with van der Waals surface area (Å²) in [7, 11) is 0. The van der Waals surface area contributed by atoms with Gasteiger partial charge in [-0.1, -0.05) is 0 Å². The van der Waals surface area contributed by atoms with Crippen LogP contribution in [0.4, 0.5) is 23.7 Å². The second-order valence-electron chi connectivity index (χ2n) is 5.87. The Labute approximate surface area is 125 Å². The van der Waals surface area contributed by atoms with Crippen LogP contribution >= 0.6 is 0 Å². The molecule has 1 aliphatic heterocycles. The van der Waals surface area contributed by atoms with Gasteiger partial charge in [0.2, 0.25) is 0 Å². The minimum Gasteiger partial charge on any atom is -0.444 e. The minimum absolute atomic E-state index is 0.0492. The zero-order valence-corrected chi connectivity index (χ0v) is 12.2. The van der Waals surface area contributed by atoms with Crippen molar-refractivity contribution in [1.82, 2.24) is 0 Å². The zero-order valence-electron chi connectivity index (χ0n) is 12.2. The van der Waals surface area contributed by atoms with Crippen LogP contribution in [0, 0.1) is 0 Å². The molecule has 2 atom stereocenters. The largest absolute Gasteiger partial charge is 0.444 e. The van der Waals surface area contributed by atoms with Crippen LogP contribution in [-0.4, -0.2) is 23.1 Å². The number of epoxide rings is 1. The molecule has 0 saturated carbocycles. The average molecular weight is 319 g/mol. The molecular weight excluding hydrogens is 303 g/mol. The Balaban J connectivity index is 2.25. The molecule has 0 bridgehead atoms. The predicted molar refractivity (Wildman–Crippen MR) is 71.1 cm³/mol. The molecule has 1 amide bonds. The number of carbonyl (C=O) groups is 1. The number of ether oxygens (including phenoxy) is 2. The van der Waals surface area contributed by atoms with Gasteiger partial charge in [-0.2, -0.15) is 13.2 Å². The Morgan fingerprint density at radius 1 is 1.32 bits per heavy atom. The first-order valence-corrected chi connectivity index (χ1v) is 6.52. The lowest BCUT2D eigenvalue weighted by molar-refractivity contribution is -0.137. The third-order valence-electron chi connectivity index (χ3n) is 2.79. The Kier molecular flexibility index (Phi) is 4.09. The Bertz CT molecular complexity index is 580. The molecule has 2 N–H and O–H groups in total. The molecule has 22 heavy (non-hydrogen) atoms. The molecule has 0 radical (unpaired) electrons. The molecule has 0 aromatic heterocycles. The van der Waals surface area contributed by atoms with E-state index >= 15 is 0 Å². The molecule has 5 nitrogen and oxygen atoms in total. The Morgan fingerprint density at radius 3 is 2.36 bits per heavy atom. The molecule has 8 heteroatoms. The summed E-state index contributed by atoms with van der Waals surface area (Å²) in [4.78, 5) is 11.7. The van der Waals surface area contributed by atoms with Gasteiger partial charge in [0.15, 0.2) is 6.29 Å². The number of nitrogens with one attached hydrogen (secondary N) is 1. The summed E-state index contributed by atoms with van der Waals surface area (Å²) in [6.45, 7) is 4.98. The first kappa shape index (κ1) is 16.6. The predicted octanol–water partition coefficient (Wildman–Crippen LogP) is 3.44. The number of alkyl halides is 3. The van der Waals surface area contributed by atoms with E-state index < -0.39 is 35.8 Å². The highest BCUT2D eigenvalue weighted by atomic mass is 19.4. The number of benzene rings is 1. The van der Waals surface area contributed by atoms with Crippen LogP contribution < -0.4 is 5.32 Å². The molecule has 122 valence electrons. The number of carbonyl (C=O) groups excluding carboxylic acids is 1. The van der Waals surface area contributed by atoms with Crippen LogP contribution in [0.3, 0.4) is 0 Å². The van der Waals surface area contributed by atoms with Crippen molar-refractivity contribution in [3.8, 4) is 0 Å². The first-order chi connectivity index (χ1) is 9.97. The van der Waals surface area contributed by atoms with Crippen molar-refractivity contribution in [2.24, 2.45) is 0 Å². The second kappa shape index (κ2) is 5.44. The summed E-state index contributed by atoms with van der Waals surface area (Å²) in [6, 6.07) is 2.79. The molecule has 1 aliphatic rings. The molecule has 2 unspecified atom stereocenters. The van der Waals surface area contributed by atoms with Gasteiger partial charge in [-0.3, -0.25) is 5.32 Å². The van der Waals surface area contributed by atoms with Gasteiger partial charge in [-0.15, -0.1) is 0 Å². The van der Waals surface area contributed by atoms with Crippen molar-refractivity contribution in [3.63, 3.8) is 0 Å². The highest BCUT2D eigenvalue weighted by Crippen LogP contribution is 2.43. The lowest BCUT2D eigenvalue weighted by Gasteiger charge is -2.20. The van der Waals surface area contributed by atoms with Crippen LogP contribution in [0.25, 0.3) is 0 Å². The molecule has 0 aliphatic carbocycles. The normalized spacial score (nSPS) is 21.4. The molecule has 0 spiro atoms. The minimum atomic E-state index is -4.53. The van der Waals surface area contributed by atoms with Crippen LogP contribution in [0.5, 0.6) is 0 Å². The Hall–Kier alpha value is -1.80. The van der Waals surface area contributed by atoms with E-state index in [0.29, 0.717) is 0 Å². The van der Waals surface area contributed by atoms with Gasteiger partial charge in [0.05, 0.1) is 11.3 Å². The number of aliphatic hydroxyl groups is 1. The van der Waals surface area contributed by atoms with Crippen LogP contribution in [0.1, 0.15) is 38.0 Å². The van der Waals surface area contributed by atoms with E-state index in [2.05, 4.69) is 5.32 Å². The third kappa shape index (κ3) is 4.11. The molecule has 1 aromatic carbocycles. The summed E-state index contributed by atoms with van der Waals surface area (Å²) in [5.41, 5.74) is -1.48. The van der Waals surface area contributed by atoms with E-state index in [1.807, 2.05) is 0 Å². The summed E-state index contributed by atoms with van der Waals surface area (Å²) < 4.78 is 48.1. The van der Waals surface area contributed by atoms with Gasteiger partial charge in [-0.05, 0) is 39.0 Å². The van der Waals surface area contributed by atoms with Crippen LogP contribution in [0.2, 0.25) is 0 Å². The van der Waals surface area contributed by atoms with E-state index in [0.717, 1.165) is 18.2 Å². The summed E-state index contributed by atoms with van der Waals surface area (Å²) in [5, 5.41) is 11.6. The van der Waals surface area contributed by atoms with Crippen molar-refractivity contribution in [1.29, 1.82) is 0 Å².